The topological polar surface area (TPSA) is 67.4 Å². The molecule has 1 amide bonds. The number of hydrogen-bond donors (Lipinski definition) is 1. The van der Waals surface area contributed by atoms with E-state index < -0.39 is 0 Å². The molecule has 0 saturated carbocycles. The normalized spacial score (nSPS) is 17.0. The predicted molar refractivity (Wildman–Crippen MR) is 101 cm³/mol. The van der Waals surface area contributed by atoms with Gasteiger partial charge in [-0.1, -0.05) is 25.1 Å². The number of hydrogen-bond acceptors (Lipinski definition) is 5. The minimum absolute atomic E-state index is 0.204. The first-order chi connectivity index (χ1) is 12.7. The molecule has 1 aliphatic rings. The Hall–Kier alpha value is -2.63. The fraction of sp³-hybridized carbons (Fsp3) is 0.450. The van der Waals surface area contributed by atoms with E-state index in [1.807, 2.05) is 24.3 Å². The van der Waals surface area contributed by atoms with E-state index in [1.54, 1.807) is 13.2 Å². The molecule has 1 fully saturated rings. The van der Waals surface area contributed by atoms with Crippen LogP contribution in [-0.2, 0) is 6.54 Å². The smallest absolute Gasteiger partial charge is 0.270 e. The largest absolute Gasteiger partial charge is 0.496 e. The van der Waals surface area contributed by atoms with Crippen molar-refractivity contribution in [2.24, 2.45) is 0 Å². The van der Waals surface area contributed by atoms with Crippen molar-refractivity contribution >= 4 is 11.7 Å². The van der Waals surface area contributed by atoms with Crippen LogP contribution in [0.25, 0.3) is 0 Å². The Morgan fingerprint density at radius 3 is 2.96 bits per heavy atom. The van der Waals surface area contributed by atoms with Crippen LogP contribution in [-0.4, -0.2) is 35.6 Å². The van der Waals surface area contributed by atoms with E-state index in [-0.39, 0.29) is 5.91 Å². The van der Waals surface area contributed by atoms with Crippen LogP contribution in [0.5, 0.6) is 5.75 Å². The van der Waals surface area contributed by atoms with Gasteiger partial charge in [0.1, 0.15) is 23.6 Å². The summed E-state index contributed by atoms with van der Waals surface area (Å²) in [5, 5.41) is 2.92. The van der Waals surface area contributed by atoms with Gasteiger partial charge in [0.25, 0.3) is 5.91 Å². The molecule has 1 saturated heterocycles. The van der Waals surface area contributed by atoms with Gasteiger partial charge in [0.2, 0.25) is 0 Å². The van der Waals surface area contributed by atoms with Gasteiger partial charge in [-0.25, -0.2) is 9.97 Å². The summed E-state index contributed by atoms with van der Waals surface area (Å²) in [6, 6.07) is 9.93. The maximum atomic E-state index is 12.5. The lowest BCUT2D eigenvalue weighted by Gasteiger charge is -2.36. The highest BCUT2D eigenvalue weighted by Gasteiger charge is 2.23. The number of para-hydroxylation sites is 1. The van der Waals surface area contributed by atoms with Crippen molar-refractivity contribution in [3.05, 3.63) is 47.9 Å². The van der Waals surface area contributed by atoms with Crippen molar-refractivity contribution in [3.63, 3.8) is 0 Å². The Kier molecular flexibility index (Phi) is 6.04. The van der Waals surface area contributed by atoms with Crippen molar-refractivity contribution in [2.75, 3.05) is 18.6 Å². The molecule has 2 heterocycles. The van der Waals surface area contributed by atoms with E-state index in [2.05, 4.69) is 27.1 Å². The number of carbonyl (C=O) groups excluding carboxylic acids is 1. The van der Waals surface area contributed by atoms with E-state index >= 15 is 0 Å². The molecule has 3 rings (SSSR count). The van der Waals surface area contributed by atoms with Gasteiger partial charge in [-0.15, -0.1) is 0 Å². The van der Waals surface area contributed by atoms with Gasteiger partial charge < -0.3 is 15.0 Å². The molecular formula is C20H26N4O2. The average Bonchev–Trinajstić information content (AvgIpc) is 2.72. The third-order valence-corrected chi connectivity index (χ3v) is 4.91. The van der Waals surface area contributed by atoms with Gasteiger partial charge in [0, 0.05) is 30.8 Å². The van der Waals surface area contributed by atoms with Crippen LogP contribution in [0.2, 0.25) is 0 Å². The van der Waals surface area contributed by atoms with Gasteiger partial charge in [0.15, 0.2) is 0 Å². The van der Waals surface area contributed by atoms with Crippen molar-refractivity contribution in [1.29, 1.82) is 0 Å². The lowest BCUT2D eigenvalue weighted by atomic mass is 10.00. The monoisotopic (exact) mass is 354 g/mol. The molecule has 6 heteroatoms. The molecular weight excluding hydrogens is 328 g/mol. The van der Waals surface area contributed by atoms with Gasteiger partial charge in [-0.3, -0.25) is 4.79 Å². The number of anilines is 1. The number of ether oxygens (including phenoxy) is 1. The van der Waals surface area contributed by atoms with E-state index in [9.17, 15) is 4.79 Å². The summed E-state index contributed by atoms with van der Waals surface area (Å²) in [7, 11) is 1.63. The van der Waals surface area contributed by atoms with Crippen LogP contribution in [0.4, 0.5) is 5.82 Å². The summed E-state index contributed by atoms with van der Waals surface area (Å²) in [6.07, 6.45) is 6.16. The van der Waals surface area contributed by atoms with E-state index in [1.165, 1.54) is 19.2 Å². The molecule has 0 spiro atoms. The van der Waals surface area contributed by atoms with Crippen LogP contribution in [0.3, 0.4) is 0 Å². The summed E-state index contributed by atoms with van der Waals surface area (Å²) in [5.41, 5.74) is 1.32. The first kappa shape index (κ1) is 18.2. The molecule has 0 bridgehead atoms. The number of carbonyl (C=O) groups is 1. The zero-order chi connectivity index (χ0) is 18.4. The van der Waals surface area contributed by atoms with Crippen molar-refractivity contribution in [2.45, 2.75) is 45.2 Å². The molecule has 138 valence electrons. The molecule has 1 aromatic carbocycles. The number of nitrogens with zero attached hydrogens (tertiary/aromatic N) is 3. The molecule has 2 aromatic rings. The number of benzene rings is 1. The van der Waals surface area contributed by atoms with E-state index in [0.717, 1.165) is 36.5 Å². The quantitative estimate of drug-likeness (QED) is 0.863. The number of piperidine rings is 1. The van der Waals surface area contributed by atoms with Crippen LogP contribution < -0.4 is 15.0 Å². The average molecular weight is 354 g/mol. The second-order valence-corrected chi connectivity index (χ2v) is 6.51. The Labute approximate surface area is 154 Å². The SMILES string of the molecule is CCC1CCCCN1c1cc(C(=O)NCc2ccccc2OC)ncn1. The molecule has 1 unspecified atom stereocenters. The zero-order valence-electron chi connectivity index (χ0n) is 15.4. The lowest BCUT2D eigenvalue weighted by Crippen LogP contribution is -2.39. The van der Waals surface area contributed by atoms with Gasteiger partial charge >= 0.3 is 0 Å². The number of nitrogens with one attached hydrogen (secondary N) is 1. The van der Waals surface area contributed by atoms with E-state index in [4.69, 9.17) is 4.74 Å². The summed E-state index contributed by atoms with van der Waals surface area (Å²) in [6.45, 7) is 3.58. The Bertz CT molecular complexity index is 750. The molecule has 6 nitrogen and oxygen atoms in total. The summed E-state index contributed by atoms with van der Waals surface area (Å²) in [5.74, 6) is 1.40. The number of methoxy groups -OCH3 is 1. The molecule has 1 aliphatic heterocycles. The second-order valence-electron chi connectivity index (χ2n) is 6.51. The molecule has 1 aromatic heterocycles. The standard InChI is InChI=1S/C20H26N4O2/c1-3-16-9-6-7-11-24(16)19-12-17(22-14-23-19)20(25)21-13-15-8-4-5-10-18(15)26-2/h4-5,8,10,12,14,16H,3,6-7,9,11,13H2,1-2H3,(H,21,25). The molecule has 0 radical (unpaired) electrons. The minimum Gasteiger partial charge on any atom is -0.496 e. The molecule has 1 atom stereocenters. The fourth-order valence-electron chi connectivity index (χ4n) is 3.47. The molecule has 1 N–H and O–H groups in total. The maximum absolute atomic E-state index is 12.5. The molecule has 26 heavy (non-hydrogen) atoms. The highest BCUT2D eigenvalue weighted by molar-refractivity contribution is 5.92. The van der Waals surface area contributed by atoms with Crippen LogP contribution >= 0.6 is 0 Å². The first-order valence-corrected chi connectivity index (χ1v) is 9.21. The number of amides is 1. The number of rotatable bonds is 6. The van der Waals surface area contributed by atoms with Crippen LogP contribution in [0, 0.1) is 0 Å². The Morgan fingerprint density at radius 1 is 1.31 bits per heavy atom. The van der Waals surface area contributed by atoms with E-state index in [0.29, 0.717) is 18.3 Å². The zero-order valence-corrected chi connectivity index (χ0v) is 15.4. The van der Waals surface area contributed by atoms with Crippen molar-refractivity contribution < 1.29 is 9.53 Å². The van der Waals surface area contributed by atoms with Crippen LogP contribution in [0.15, 0.2) is 36.7 Å². The highest BCUT2D eigenvalue weighted by atomic mass is 16.5. The third kappa shape index (κ3) is 4.12. The first-order valence-electron chi connectivity index (χ1n) is 9.21. The van der Waals surface area contributed by atoms with Crippen molar-refractivity contribution in [1.82, 2.24) is 15.3 Å². The fourth-order valence-corrected chi connectivity index (χ4v) is 3.47. The van der Waals surface area contributed by atoms with Gasteiger partial charge in [-0.2, -0.15) is 0 Å². The second kappa shape index (κ2) is 8.65. The van der Waals surface area contributed by atoms with Gasteiger partial charge in [-0.05, 0) is 31.7 Å². The Balaban J connectivity index is 1.70. The van der Waals surface area contributed by atoms with Crippen LogP contribution in [0.1, 0.15) is 48.7 Å². The Morgan fingerprint density at radius 2 is 2.15 bits per heavy atom. The summed E-state index contributed by atoms with van der Waals surface area (Å²) >= 11 is 0. The predicted octanol–water partition coefficient (Wildman–Crippen LogP) is 3.18. The maximum Gasteiger partial charge on any atom is 0.270 e. The summed E-state index contributed by atoms with van der Waals surface area (Å²) < 4.78 is 5.32. The molecule has 0 aliphatic carbocycles. The third-order valence-electron chi connectivity index (χ3n) is 4.91. The summed E-state index contributed by atoms with van der Waals surface area (Å²) in [4.78, 5) is 23.4. The minimum atomic E-state index is -0.204. The number of aromatic nitrogens is 2. The lowest BCUT2D eigenvalue weighted by molar-refractivity contribution is 0.0945. The van der Waals surface area contributed by atoms with Crippen molar-refractivity contribution in [3.8, 4) is 5.75 Å². The highest BCUT2D eigenvalue weighted by Crippen LogP contribution is 2.25. The van der Waals surface area contributed by atoms with Gasteiger partial charge in [0.05, 0.1) is 7.11 Å².